The van der Waals surface area contributed by atoms with Gasteiger partial charge in [0, 0.05) is 37.4 Å². The van der Waals surface area contributed by atoms with Gasteiger partial charge < -0.3 is 10.6 Å². The van der Waals surface area contributed by atoms with Crippen LogP contribution in [0.1, 0.15) is 22.5 Å². The lowest BCUT2D eigenvalue weighted by Crippen LogP contribution is -2.59. The number of nitrogens with two attached hydrogens (primary N) is 1. The first-order valence-corrected chi connectivity index (χ1v) is 9.31. The fraction of sp³-hybridized carbons (Fsp3) is 0.450. The molecule has 1 saturated heterocycles. The minimum absolute atomic E-state index is 0.0107. The van der Waals surface area contributed by atoms with E-state index in [0.29, 0.717) is 26.1 Å². The highest BCUT2D eigenvalue weighted by atomic mass is 16.2. The number of hydrogen-bond donors (Lipinski definition) is 2. The van der Waals surface area contributed by atoms with E-state index in [0.717, 1.165) is 29.9 Å². The van der Waals surface area contributed by atoms with Crippen LogP contribution in [0.2, 0.25) is 0 Å². The summed E-state index contributed by atoms with van der Waals surface area (Å²) in [6.07, 6.45) is 1.15. The maximum Gasteiger partial charge on any atom is 0.236 e. The molecule has 144 valence electrons. The number of amides is 2. The molecule has 1 aliphatic rings. The molecule has 2 heterocycles. The number of aryl methyl sites for hydroxylation is 2. The maximum atomic E-state index is 12.7. The smallest absolute Gasteiger partial charge is 0.236 e. The predicted molar refractivity (Wildman–Crippen MR) is 103 cm³/mol. The monoisotopic (exact) mass is 369 g/mol. The Balaban J connectivity index is 1.61. The van der Waals surface area contributed by atoms with E-state index in [-0.39, 0.29) is 11.8 Å². The fourth-order valence-corrected chi connectivity index (χ4v) is 3.60. The zero-order valence-electron chi connectivity index (χ0n) is 15.9. The summed E-state index contributed by atoms with van der Waals surface area (Å²) in [4.78, 5) is 28.6. The third kappa shape index (κ3) is 4.54. The van der Waals surface area contributed by atoms with Crippen LogP contribution in [0.25, 0.3) is 0 Å². The molecule has 2 aromatic rings. The van der Waals surface area contributed by atoms with Crippen LogP contribution >= 0.6 is 0 Å². The third-order valence-corrected chi connectivity index (χ3v) is 5.31. The summed E-state index contributed by atoms with van der Waals surface area (Å²) >= 11 is 0. The average molecular weight is 369 g/mol. The van der Waals surface area contributed by atoms with Gasteiger partial charge in [-0.25, -0.2) is 0 Å². The van der Waals surface area contributed by atoms with Crippen LogP contribution in [-0.4, -0.2) is 64.0 Å². The summed E-state index contributed by atoms with van der Waals surface area (Å²) in [5.41, 5.74) is 9.55. The molecule has 1 aromatic carbocycles. The molecule has 7 nitrogen and oxygen atoms in total. The number of piperazine rings is 1. The van der Waals surface area contributed by atoms with Crippen molar-refractivity contribution >= 4 is 11.8 Å². The van der Waals surface area contributed by atoms with E-state index in [1.54, 1.807) is 4.90 Å². The fourth-order valence-electron chi connectivity index (χ4n) is 3.60. The maximum absolute atomic E-state index is 12.7. The number of H-pyrrole nitrogens is 1. The number of nitrogens with one attached hydrogen (secondary N) is 1. The van der Waals surface area contributed by atoms with Crippen LogP contribution in [-0.2, 0) is 22.4 Å². The minimum atomic E-state index is -0.446. The van der Waals surface area contributed by atoms with Gasteiger partial charge in [-0.2, -0.15) is 5.10 Å². The number of hydrogen-bond acceptors (Lipinski definition) is 4. The molecule has 1 aromatic heterocycles. The number of aromatic nitrogens is 2. The molecule has 27 heavy (non-hydrogen) atoms. The van der Waals surface area contributed by atoms with Crippen molar-refractivity contribution in [3.05, 3.63) is 52.8 Å². The third-order valence-electron chi connectivity index (χ3n) is 5.31. The molecule has 1 aliphatic heterocycles. The minimum Gasteiger partial charge on any atom is -0.368 e. The number of carbonyl (C=O) groups excluding carboxylic acids is 2. The van der Waals surface area contributed by atoms with E-state index in [4.69, 9.17) is 5.73 Å². The van der Waals surface area contributed by atoms with Gasteiger partial charge in [-0.15, -0.1) is 0 Å². The zero-order valence-corrected chi connectivity index (χ0v) is 15.9. The predicted octanol–water partition coefficient (Wildman–Crippen LogP) is 0.810. The van der Waals surface area contributed by atoms with Gasteiger partial charge >= 0.3 is 0 Å². The second kappa shape index (κ2) is 8.35. The van der Waals surface area contributed by atoms with E-state index in [9.17, 15) is 9.59 Å². The second-order valence-corrected chi connectivity index (χ2v) is 7.12. The Labute approximate surface area is 159 Å². The molecule has 3 N–H and O–H groups in total. The Hall–Kier alpha value is -2.67. The molecule has 0 bridgehead atoms. The molecular weight excluding hydrogens is 342 g/mol. The zero-order chi connectivity index (χ0) is 19.4. The van der Waals surface area contributed by atoms with Crippen molar-refractivity contribution in [1.29, 1.82) is 0 Å². The van der Waals surface area contributed by atoms with Crippen LogP contribution in [0.4, 0.5) is 0 Å². The van der Waals surface area contributed by atoms with E-state index in [1.807, 2.05) is 32.0 Å². The van der Waals surface area contributed by atoms with Gasteiger partial charge in [0.05, 0.1) is 12.1 Å². The number of rotatable bonds is 6. The van der Waals surface area contributed by atoms with Crippen molar-refractivity contribution in [2.24, 2.45) is 5.73 Å². The molecule has 0 saturated carbocycles. The largest absolute Gasteiger partial charge is 0.368 e. The van der Waals surface area contributed by atoms with Crippen molar-refractivity contribution in [3.8, 4) is 0 Å². The van der Waals surface area contributed by atoms with Gasteiger partial charge in [0.15, 0.2) is 0 Å². The summed E-state index contributed by atoms with van der Waals surface area (Å²) in [7, 11) is 0. The van der Waals surface area contributed by atoms with Crippen molar-refractivity contribution in [2.45, 2.75) is 32.7 Å². The van der Waals surface area contributed by atoms with Gasteiger partial charge in [0.1, 0.15) is 6.04 Å². The topological polar surface area (TPSA) is 95.3 Å². The Morgan fingerprint density at radius 2 is 1.96 bits per heavy atom. The number of aromatic amines is 1. The van der Waals surface area contributed by atoms with Gasteiger partial charge in [-0.05, 0) is 25.8 Å². The van der Waals surface area contributed by atoms with Crippen molar-refractivity contribution in [2.75, 3.05) is 26.2 Å². The Morgan fingerprint density at radius 3 is 2.59 bits per heavy atom. The highest BCUT2D eigenvalue weighted by molar-refractivity contribution is 5.83. The van der Waals surface area contributed by atoms with Crippen LogP contribution in [0.3, 0.4) is 0 Å². The van der Waals surface area contributed by atoms with Gasteiger partial charge in [-0.3, -0.25) is 19.6 Å². The summed E-state index contributed by atoms with van der Waals surface area (Å²) in [6, 6.07) is 9.72. The Morgan fingerprint density at radius 1 is 1.22 bits per heavy atom. The lowest BCUT2D eigenvalue weighted by atomic mass is 10.1. The van der Waals surface area contributed by atoms with Crippen LogP contribution in [0.15, 0.2) is 30.3 Å². The molecule has 7 heteroatoms. The van der Waals surface area contributed by atoms with Crippen LogP contribution in [0, 0.1) is 13.8 Å². The lowest BCUT2D eigenvalue weighted by molar-refractivity contribution is -0.136. The summed E-state index contributed by atoms with van der Waals surface area (Å²) in [6.45, 7) is 6.15. The summed E-state index contributed by atoms with van der Waals surface area (Å²) in [5, 5.41) is 7.05. The SMILES string of the molecule is Cc1n[nH]c(C)c1CC(=O)N1CCN(CCc2ccccc2)[C@H](C(N)=O)C1. The highest BCUT2D eigenvalue weighted by Crippen LogP contribution is 2.16. The van der Waals surface area contributed by atoms with E-state index in [2.05, 4.69) is 27.2 Å². The molecule has 0 aliphatic carbocycles. The number of benzene rings is 1. The quantitative estimate of drug-likeness (QED) is 0.788. The molecule has 3 rings (SSSR count). The normalized spacial score (nSPS) is 17.9. The number of primary amides is 1. The first-order chi connectivity index (χ1) is 13.0. The average Bonchev–Trinajstić information content (AvgIpc) is 2.99. The molecule has 1 fully saturated rings. The second-order valence-electron chi connectivity index (χ2n) is 7.12. The van der Waals surface area contributed by atoms with Gasteiger partial charge in [0.2, 0.25) is 11.8 Å². The van der Waals surface area contributed by atoms with E-state index in [1.165, 1.54) is 5.56 Å². The van der Waals surface area contributed by atoms with E-state index >= 15 is 0 Å². The van der Waals surface area contributed by atoms with E-state index < -0.39 is 6.04 Å². The molecule has 0 radical (unpaired) electrons. The molecule has 0 unspecified atom stereocenters. The summed E-state index contributed by atoms with van der Waals surface area (Å²) < 4.78 is 0. The standard InChI is InChI=1S/C20H27N5O2/c1-14-17(15(2)23-22-14)12-19(26)25-11-10-24(18(13-25)20(21)27)9-8-16-6-4-3-5-7-16/h3-7,18H,8-13H2,1-2H3,(H2,21,27)(H,22,23)/t18-/m0/s1. The first kappa shape index (κ1) is 19.1. The van der Waals surface area contributed by atoms with Crippen molar-refractivity contribution in [1.82, 2.24) is 20.0 Å². The van der Waals surface area contributed by atoms with Crippen LogP contribution in [0.5, 0.6) is 0 Å². The molecule has 1 atom stereocenters. The Kier molecular flexibility index (Phi) is 5.91. The van der Waals surface area contributed by atoms with Gasteiger partial charge in [-0.1, -0.05) is 30.3 Å². The van der Waals surface area contributed by atoms with Crippen molar-refractivity contribution < 1.29 is 9.59 Å². The number of carbonyl (C=O) groups is 2. The Bertz CT molecular complexity index is 782. The molecule has 0 spiro atoms. The lowest BCUT2D eigenvalue weighted by Gasteiger charge is -2.40. The number of nitrogens with zero attached hydrogens (tertiary/aromatic N) is 3. The van der Waals surface area contributed by atoms with Crippen LogP contribution < -0.4 is 5.73 Å². The molecule has 2 amide bonds. The summed E-state index contributed by atoms with van der Waals surface area (Å²) in [5.74, 6) is -0.368. The highest BCUT2D eigenvalue weighted by Gasteiger charge is 2.33. The first-order valence-electron chi connectivity index (χ1n) is 9.31. The van der Waals surface area contributed by atoms with Gasteiger partial charge in [0.25, 0.3) is 0 Å². The molecular formula is C20H27N5O2. The van der Waals surface area contributed by atoms with Crippen molar-refractivity contribution in [3.63, 3.8) is 0 Å².